The number of hydrogen-bond donors (Lipinski definition) is 3. The quantitative estimate of drug-likeness (QED) is 0.240. The highest BCUT2D eigenvalue weighted by molar-refractivity contribution is 5.94. The standard InChI is InChI=1S/C40H42N4O8/c1-50-27-14-15-30-33(20-27)41-32(26-8-3-2-4-9-26)22-36(30)52-29-21-35-38(46)43-31(40(48)49)11-6-16-51-28-10-5-7-25(17-28)18-34(39(47)44(35)23-29)42-37(45)19-24-12-13-24/h2-5,7-10,14-15,17,20,22,24,29,31,34-35H,6,11-13,16,18-19,21,23H2,1H3,(H,42,45)(H,43,46)(H,48,49)/t29-,31-,34-,35+/m1/s1. The van der Waals surface area contributed by atoms with Crippen molar-refractivity contribution in [2.75, 3.05) is 20.3 Å². The number of ether oxygens (including phenoxy) is 3. The summed E-state index contributed by atoms with van der Waals surface area (Å²) in [6, 6.07) is 21.1. The van der Waals surface area contributed by atoms with Gasteiger partial charge in [-0.15, -0.1) is 0 Å². The number of methoxy groups -OCH3 is 1. The number of carboxylic acid groups (broad SMARTS) is 1. The lowest BCUT2D eigenvalue weighted by Gasteiger charge is -2.29. The molecular formula is C40H42N4O8. The highest BCUT2D eigenvalue weighted by Gasteiger charge is 2.44. The Balaban J connectivity index is 1.23. The molecule has 3 aliphatic rings. The van der Waals surface area contributed by atoms with E-state index >= 15 is 0 Å². The van der Waals surface area contributed by atoms with E-state index in [0.29, 0.717) is 47.2 Å². The monoisotopic (exact) mass is 706 g/mol. The number of benzene rings is 3. The van der Waals surface area contributed by atoms with Gasteiger partial charge >= 0.3 is 5.97 Å². The Morgan fingerprint density at radius 1 is 1.02 bits per heavy atom. The third-order valence-corrected chi connectivity index (χ3v) is 9.85. The highest BCUT2D eigenvalue weighted by Crippen LogP contribution is 2.35. The van der Waals surface area contributed by atoms with Crippen LogP contribution in [-0.4, -0.2) is 83.2 Å². The topological polar surface area (TPSA) is 156 Å². The molecule has 0 radical (unpaired) electrons. The van der Waals surface area contributed by atoms with Crippen molar-refractivity contribution in [1.82, 2.24) is 20.5 Å². The van der Waals surface area contributed by atoms with Crippen LogP contribution in [0.5, 0.6) is 17.2 Å². The van der Waals surface area contributed by atoms with Crippen molar-refractivity contribution in [3.63, 3.8) is 0 Å². The number of aliphatic carboxylic acids is 1. The number of fused-ring (bicyclic) bond motifs is 4. The summed E-state index contributed by atoms with van der Waals surface area (Å²) < 4.78 is 18.0. The molecule has 2 aliphatic heterocycles. The van der Waals surface area contributed by atoms with E-state index in [0.717, 1.165) is 29.4 Å². The zero-order valence-corrected chi connectivity index (χ0v) is 29.0. The van der Waals surface area contributed by atoms with Crippen molar-refractivity contribution >= 4 is 34.6 Å². The number of carboxylic acids is 1. The van der Waals surface area contributed by atoms with E-state index < -0.39 is 42.0 Å². The van der Waals surface area contributed by atoms with Crippen LogP contribution >= 0.6 is 0 Å². The molecule has 2 bridgehead atoms. The molecule has 270 valence electrons. The molecule has 1 aliphatic carbocycles. The molecule has 12 nitrogen and oxygen atoms in total. The van der Waals surface area contributed by atoms with Crippen molar-refractivity contribution in [3.8, 4) is 28.5 Å². The zero-order chi connectivity index (χ0) is 36.2. The number of nitrogens with zero attached hydrogens (tertiary/aromatic N) is 2. The van der Waals surface area contributed by atoms with Gasteiger partial charge in [0.25, 0.3) is 0 Å². The van der Waals surface area contributed by atoms with Gasteiger partial charge in [-0.3, -0.25) is 14.4 Å². The number of nitrogens with one attached hydrogen (secondary N) is 2. The van der Waals surface area contributed by atoms with Gasteiger partial charge in [0.1, 0.15) is 41.5 Å². The maximum atomic E-state index is 14.6. The van der Waals surface area contributed by atoms with Gasteiger partial charge in [-0.1, -0.05) is 42.5 Å². The molecule has 52 heavy (non-hydrogen) atoms. The van der Waals surface area contributed by atoms with Gasteiger partial charge in [0, 0.05) is 42.3 Å². The normalized spacial score (nSPS) is 22.3. The molecule has 2 fully saturated rings. The fourth-order valence-corrected chi connectivity index (χ4v) is 6.95. The van der Waals surface area contributed by atoms with Crippen LogP contribution in [0.25, 0.3) is 22.2 Å². The first-order valence-electron chi connectivity index (χ1n) is 17.8. The van der Waals surface area contributed by atoms with Crippen molar-refractivity contribution in [2.45, 2.75) is 69.2 Å². The minimum Gasteiger partial charge on any atom is -0.497 e. The smallest absolute Gasteiger partial charge is 0.326 e. The van der Waals surface area contributed by atoms with E-state index in [2.05, 4.69) is 10.6 Å². The van der Waals surface area contributed by atoms with Crippen LogP contribution in [0.4, 0.5) is 0 Å². The van der Waals surface area contributed by atoms with Crippen molar-refractivity contribution in [3.05, 3.63) is 84.4 Å². The lowest BCUT2D eigenvalue weighted by atomic mass is 10.0. The summed E-state index contributed by atoms with van der Waals surface area (Å²) in [6.07, 6.45) is 2.44. The summed E-state index contributed by atoms with van der Waals surface area (Å²) in [5, 5.41) is 16.4. The maximum Gasteiger partial charge on any atom is 0.326 e. The lowest BCUT2D eigenvalue weighted by molar-refractivity contribution is -0.145. The van der Waals surface area contributed by atoms with Gasteiger partial charge in [0.15, 0.2) is 0 Å². The number of aromatic nitrogens is 1. The van der Waals surface area contributed by atoms with Crippen LogP contribution in [0.1, 0.15) is 44.1 Å². The fraction of sp³-hybridized carbons (Fsp3) is 0.375. The van der Waals surface area contributed by atoms with Gasteiger partial charge < -0.3 is 34.9 Å². The van der Waals surface area contributed by atoms with E-state index in [1.807, 2.05) is 72.8 Å². The number of pyridine rings is 1. The molecular weight excluding hydrogens is 664 g/mol. The minimum absolute atomic E-state index is 0.0352. The Hall–Kier alpha value is -5.65. The summed E-state index contributed by atoms with van der Waals surface area (Å²) in [6.45, 7) is 0.277. The molecule has 1 saturated carbocycles. The second-order valence-corrected chi connectivity index (χ2v) is 13.7. The first-order chi connectivity index (χ1) is 25.2. The predicted molar refractivity (Wildman–Crippen MR) is 192 cm³/mol. The van der Waals surface area contributed by atoms with E-state index in [1.165, 1.54) is 4.90 Å². The molecule has 1 aromatic heterocycles. The molecule has 3 amide bonds. The number of rotatable bonds is 8. The van der Waals surface area contributed by atoms with Crippen molar-refractivity contribution in [2.24, 2.45) is 5.92 Å². The van der Waals surface area contributed by atoms with E-state index in [9.17, 15) is 24.3 Å². The van der Waals surface area contributed by atoms with Crippen LogP contribution in [-0.2, 0) is 25.6 Å². The second kappa shape index (κ2) is 15.3. The predicted octanol–water partition coefficient (Wildman–Crippen LogP) is 4.53. The maximum absolute atomic E-state index is 14.6. The van der Waals surface area contributed by atoms with Gasteiger partial charge in [0.2, 0.25) is 17.7 Å². The molecule has 0 unspecified atom stereocenters. The van der Waals surface area contributed by atoms with Crippen molar-refractivity contribution in [1.29, 1.82) is 0 Å². The molecule has 12 heteroatoms. The van der Waals surface area contributed by atoms with Crippen molar-refractivity contribution < 1.29 is 38.5 Å². The highest BCUT2D eigenvalue weighted by atomic mass is 16.5. The third kappa shape index (κ3) is 8.11. The van der Waals surface area contributed by atoms with Crippen LogP contribution in [0.3, 0.4) is 0 Å². The molecule has 1 saturated heterocycles. The van der Waals surface area contributed by atoms with Crippen LogP contribution in [0.2, 0.25) is 0 Å². The molecule has 3 heterocycles. The Kier molecular flexibility index (Phi) is 10.2. The zero-order valence-electron chi connectivity index (χ0n) is 29.0. The minimum atomic E-state index is -1.19. The molecule has 7 rings (SSSR count). The molecule has 3 aromatic carbocycles. The fourth-order valence-electron chi connectivity index (χ4n) is 6.95. The number of carbonyl (C=O) groups is 4. The van der Waals surface area contributed by atoms with Gasteiger partial charge in [0.05, 0.1) is 31.5 Å². The summed E-state index contributed by atoms with van der Waals surface area (Å²) in [5.41, 5.74) is 2.98. The number of carbonyl (C=O) groups excluding carboxylic acids is 3. The largest absolute Gasteiger partial charge is 0.497 e. The molecule has 4 atom stereocenters. The van der Waals surface area contributed by atoms with Gasteiger partial charge in [-0.25, -0.2) is 9.78 Å². The average molecular weight is 707 g/mol. The Morgan fingerprint density at radius 2 is 1.85 bits per heavy atom. The molecule has 3 N–H and O–H groups in total. The molecule has 4 aromatic rings. The summed E-state index contributed by atoms with van der Waals surface area (Å²) >= 11 is 0. The number of hydrogen-bond acceptors (Lipinski definition) is 8. The lowest BCUT2D eigenvalue weighted by Crippen LogP contribution is -2.56. The number of amides is 3. The summed E-state index contributed by atoms with van der Waals surface area (Å²) in [7, 11) is 1.59. The SMILES string of the molecule is COc1ccc2c(O[C@@H]3C[C@H]4C(=O)N[C@@H](C(=O)O)CCCOc5cccc(c5)C[C@@H](NC(=O)CC5CC5)C(=O)N4C3)cc(-c3ccccc3)nc2c1. The van der Waals surface area contributed by atoms with Crippen LogP contribution < -0.4 is 24.8 Å². The van der Waals surface area contributed by atoms with Gasteiger partial charge in [-0.2, -0.15) is 0 Å². The van der Waals surface area contributed by atoms with E-state index in [4.69, 9.17) is 19.2 Å². The Morgan fingerprint density at radius 3 is 2.62 bits per heavy atom. The van der Waals surface area contributed by atoms with E-state index in [-0.39, 0.29) is 38.3 Å². The second-order valence-electron chi connectivity index (χ2n) is 13.7. The molecule has 0 spiro atoms. The Labute approximate surface area is 301 Å². The first kappa shape index (κ1) is 34.8. The third-order valence-electron chi connectivity index (χ3n) is 9.85. The summed E-state index contributed by atoms with van der Waals surface area (Å²) in [5.74, 6) is -0.424. The van der Waals surface area contributed by atoms with Crippen LogP contribution in [0.15, 0.2) is 78.9 Å². The average Bonchev–Trinajstić information content (AvgIpc) is 3.86. The Bertz CT molecular complexity index is 1970. The first-order valence-corrected chi connectivity index (χ1v) is 17.8. The van der Waals surface area contributed by atoms with Gasteiger partial charge in [-0.05, 0) is 61.4 Å². The van der Waals surface area contributed by atoms with E-state index in [1.54, 1.807) is 13.2 Å². The summed E-state index contributed by atoms with van der Waals surface area (Å²) in [4.78, 5) is 60.3. The van der Waals surface area contributed by atoms with Crippen LogP contribution in [0, 0.1) is 5.92 Å².